The lowest BCUT2D eigenvalue weighted by Crippen LogP contribution is -2.71. The highest BCUT2D eigenvalue weighted by molar-refractivity contribution is 7.80. The molecular formula is C26H31F2N3O3S. The normalized spacial score (nSPS) is 19.9. The number of nitrogens with zero attached hydrogens (tertiary/aromatic N) is 2. The van der Waals surface area contributed by atoms with Crippen LogP contribution in [0.4, 0.5) is 13.6 Å². The minimum absolute atomic E-state index is 0.201. The molecule has 1 fully saturated rings. The molecule has 0 aliphatic carbocycles. The van der Waals surface area contributed by atoms with Crippen LogP contribution in [-0.4, -0.2) is 69.7 Å². The highest BCUT2D eigenvalue weighted by Crippen LogP contribution is 2.36. The Balaban J connectivity index is 1.50. The number of fused-ring (bicyclic) bond motifs is 1. The summed E-state index contributed by atoms with van der Waals surface area (Å²) in [7, 11) is 0. The lowest BCUT2D eigenvalue weighted by atomic mass is 9.87. The molecule has 2 atom stereocenters. The molecule has 0 spiro atoms. The van der Waals surface area contributed by atoms with E-state index in [1.54, 1.807) is 32.9 Å². The fourth-order valence-electron chi connectivity index (χ4n) is 4.62. The number of nitrogens with one attached hydrogen (secondary N) is 1. The molecule has 1 unspecified atom stereocenters. The van der Waals surface area contributed by atoms with Crippen molar-refractivity contribution in [2.45, 2.75) is 50.5 Å². The van der Waals surface area contributed by atoms with Gasteiger partial charge in [-0.2, -0.15) is 0 Å². The van der Waals surface area contributed by atoms with Crippen LogP contribution in [-0.2, 0) is 11.2 Å². The SMILES string of the molecule is CC(C)(C)OC(=O)N1CC(F)(C(CO)NC(=S)N2CCc3ccccc3[C@@H]2c2ccc(F)cc2)C1. The maximum absolute atomic E-state index is 15.7. The van der Waals surface area contributed by atoms with Crippen molar-refractivity contribution in [1.29, 1.82) is 0 Å². The number of halogens is 2. The summed E-state index contributed by atoms with van der Waals surface area (Å²) in [6.45, 7) is 4.92. The van der Waals surface area contributed by atoms with Crippen molar-refractivity contribution < 1.29 is 23.4 Å². The van der Waals surface area contributed by atoms with E-state index in [4.69, 9.17) is 17.0 Å². The van der Waals surface area contributed by atoms with Gasteiger partial charge in [-0.15, -0.1) is 0 Å². The molecule has 0 bridgehead atoms. The van der Waals surface area contributed by atoms with Crippen LogP contribution in [0.25, 0.3) is 0 Å². The van der Waals surface area contributed by atoms with Gasteiger partial charge in [-0.3, -0.25) is 0 Å². The number of carbonyl (C=O) groups is 1. The summed E-state index contributed by atoms with van der Waals surface area (Å²) in [5.41, 5.74) is 0.549. The topological polar surface area (TPSA) is 65.0 Å². The molecule has 2 aromatic carbocycles. The smallest absolute Gasteiger partial charge is 0.410 e. The van der Waals surface area contributed by atoms with Gasteiger partial charge in [0.15, 0.2) is 10.8 Å². The Labute approximate surface area is 209 Å². The number of ether oxygens (including phenoxy) is 1. The number of thiocarbonyl (C=S) groups is 1. The molecule has 2 heterocycles. The summed E-state index contributed by atoms with van der Waals surface area (Å²) in [5, 5.41) is 13.3. The third-order valence-electron chi connectivity index (χ3n) is 6.39. The lowest BCUT2D eigenvalue weighted by molar-refractivity contribution is -0.0727. The molecular weight excluding hydrogens is 472 g/mol. The van der Waals surface area contributed by atoms with E-state index in [-0.39, 0.29) is 24.9 Å². The molecule has 2 aliphatic rings. The molecule has 2 aromatic rings. The zero-order chi connectivity index (χ0) is 25.4. The Morgan fingerprint density at radius 1 is 1.23 bits per heavy atom. The summed E-state index contributed by atoms with van der Waals surface area (Å²) in [4.78, 5) is 15.5. The highest BCUT2D eigenvalue weighted by Gasteiger charge is 2.53. The summed E-state index contributed by atoms with van der Waals surface area (Å²) >= 11 is 5.70. The molecule has 0 radical (unpaired) electrons. The highest BCUT2D eigenvalue weighted by atomic mass is 32.1. The van der Waals surface area contributed by atoms with E-state index in [0.717, 1.165) is 17.5 Å². The van der Waals surface area contributed by atoms with Crippen molar-refractivity contribution in [3.8, 4) is 0 Å². The van der Waals surface area contributed by atoms with Gasteiger partial charge in [0.2, 0.25) is 0 Å². The van der Waals surface area contributed by atoms with E-state index < -0.39 is 30.0 Å². The average Bonchev–Trinajstić information content (AvgIpc) is 2.79. The predicted molar refractivity (Wildman–Crippen MR) is 133 cm³/mol. The molecule has 9 heteroatoms. The first-order chi connectivity index (χ1) is 16.5. The number of alkyl halides is 1. The maximum atomic E-state index is 15.7. The molecule has 1 amide bonds. The standard InChI is InChI=1S/C26H31F2N3O3S/c1-25(2,3)34-24(33)30-15-26(28,16-30)21(14-32)29-23(35)31-13-12-17-6-4-5-7-20(17)22(31)18-8-10-19(27)11-9-18/h4-11,21-22,32H,12-16H2,1-3H3,(H,29,35)/t21?,22-/m0/s1. The second-order valence-electron chi connectivity index (χ2n) is 10.2. The van der Waals surface area contributed by atoms with Gasteiger partial charge in [0.05, 0.1) is 31.8 Å². The molecule has 188 valence electrons. The summed E-state index contributed by atoms with van der Waals surface area (Å²) in [5.74, 6) is -0.329. The number of carbonyl (C=O) groups excluding carboxylic acids is 1. The average molecular weight is 504 g/mol. The van der Waals surface area contributed by atoms with E-state index >= 15 is 4.39 Å². The van der Waals surface area contributed by atoms with Gasteiger partial charge in [0, 0.05) is 6.54 Å². The fraction of sp³-hybridized carbons (Fsp3) is 0.462. The number of aliphatic hydroxyl groups is 1. The van der Waals surface area contributed by atoms with E-state index in [9.17, 15) is 14.3 Å². The number of likely N-dealkylation sites (tertiary alicyclic amines) is 1. The number of hydrogen-bond acceptors (Lipinski definition) is 4. The first-order valence-corrected chi connectivity index (χ1v) is 12.1. The third kappa shape index (κ3) is 5.41. The second kappa shape index (κ2) is 9.70. The van der Waals surface area contributed by atoms with Crippen molar-refractivity contribution in [2.75, 3.05) is 26.2 Å². The van der Waals surface area contributed by atoms with E-state index in [1.807, 2.05) is 23.1 Å². The Morgan fingerprint density at radius 3 is 2.51 bits per heavy atom. The number of benzene rings is 2. The monoisotopic (exact) mass is 503 g/mol. The fourth-order valence-corrected chi connectivity index (χ4v) is 4.96. The van der Waals surface area contributed by atoms with Crippen molar-refractivity contribution in [3.05, 3.63) is 71.0 Å². The van der Waals surface area contributed by atoms with E-state index in [0.29, 0.717) is 11.7 Å². The first-order valence-electron chi connectivity index (χ1n) is 11.7. The third-order valence-corrected chi connectivity index (χ3v) is 6.75. The van der Waals surface area contributed by atoms with Crippen molar-refractivity contribution >= 4 is 23.4 Å². The minimum Gasteiger partial charge on any atom is -0.444 e. The van der Waals surface area contributed by atoms with Gasteiger partial charge in [-0.05, 0) is 68.2 Å². The van der Waals surface area contributed by atoms with Gasteiger partial charge in [-0.25, -0.2) is 13.6 Å². The molecule has 35 heavy (non-hydrogen) atoms. The Kier molecular flexibility index (Phi) is 7.02. The lowest BCUT2D eigenvalue weighted by Gasteiger charge is -2.49. The second-order valence-corrected chi connectivity index (χ2v) is 10.5. The quantitative estimate of drug-likeness (QED) is 0.616. The summed E-state index contributed by atoms with van der Waals surface area (Å²) < 4.78 is 34.6. The van der Waals surface area contributed by atoms with Crippen LogP contribution in [0, 0.1) is 5.82 Å². The number of rotatable bonds is 4. The number of hydrogen-bond donors (Lipinski definition) is 2. The van der Waals surface area contributed by atoms with Crippen LogP contribution in [0.2, 0.25) is 0 Å². The number of aliphatic hydroxyl groups excluding tert-OH is 1. The van der Waals surface area contributed by atoms with Gasteiger partial charge in [0.1, 0.15) is 11.4 Å². The van der Waals surface area contributed by atoms with Crippen LogP contribution >= 0.6 is 12.2 Å². The molecule has 4 rings (SSSR count). The Bertz CT molecular complexity index is 1080. The number of amides is 1. The van der Waals surface area contributed by atoms with Gasteiger partial charge in [-0.1, -0.05) is 36.4 Å². The zero-order valence-corrected chi connectivity index (χ0v) is 20.9. The van der Waals surface area contributed by atoms with Crippen LogP contribution < -0.4 is 5.32 Å². The van der Waals surface area contributed by atoms with Crippen molar-refractivity contribution in [3.63, 3.8) is 0 Å². The zero-order valence-electron chi connectivity index (χ0n) is 20.1. The van der Waals surface area contributed by atoms with Crippen LogP contribution in [0.15, 0.2) is 48.5 Å². The van der Waals surface area contributed by atoms with Gasteiger partial charge in [0.25, 0.3) is 0 Å². The Hall–Kier alpha value is -2.78. The van der Waals surface area contributed by atoms with Gasteiger partial charge < -0.3 is 25.0 Å². The van der Waals surface area contributed by atoms with E-state index in [2.05, 4.69) is 11.4 Å². The predicted octanol–water partition coefficient (Wildman–Crippen LogP) is 3.97. The molecule has 2 aliphatic heterocycles. The molecule has 1 saturated heterocycles. The van der Waals surface area contributed by atoms with Crippen molar-refractivity contribution in [1.82, 2.24) is 15.1 Å². The maximum Gasteiger partial charge on any atom is 0.410 e. The molecule has 2 N–H and O–H groups in total. The van der Waals surface area contributed by atoms with Crippen molar-refractivity contribution in [2.24, 2.45) is 0 Å². The van der Waals surface area contributed by atoms with Crippen LogP contribution in [0.3, 0.4) is 0 Å². The van der Waals surface area contributed by atoms with Gasteiger partial charge >= 0.3 is 6.09 Å². The van der Waals surface area contributed by atoms with Crippen LogP contribution in [0.1, 0.15) is 43.5 Å². The summed E-state index contributed by atoms with van der Waals surface area (Å²) in [6, 6.07) is 13.0. The minimum atomic E-state index is -1.85. The first kappa shape index (κ1) is 25.3. The summed E-state index contributed by atoms with van der Waals surface area (Å²) in [6.07, 6.45) is 0.154. The Morgan fingerprint density at radius 2 is 1.89 bits per heavy atom. The molecule has 6 nitrogen and oxygen atoms in total. The largest absolute Gasteiger partial charge is 0.444 e. The van der Waals surface area contributed by atoms with E-state index in [1.165, 1.54) is 22.6 Å². The van der Waals surface area contributed by atoms with Crippen LogP contribution in [0.5, 0.6) is 0 Å². The molecule has 0 saturated carbocycles. The molecule has 0 aromatic heterocycles.